The SMILES string of the molecule is COC(=O)c1c(F)cccc1NS(=O)(=O)C1=CCCCC1. The highest BCUT2D eigenvalue weighted by molar-refractivity contribution is 7.96. The molecular weight excluding hydrogens is 297 g/mol. The molecule has 0 aliphatic heterocycles. The molecule has 1 N–H and O–H groups in total. The number of carbonyl (C=O) groups is 1. The molecule has 0 aromatic heterocycles. The van der Waals surface area contributed by atoms with Crippen LogP contribution in [0, 0.1) is 5.82 Å². The molecule has 0 bridgehead atoms. The van der Waals surface area contributed by atoms with Crippen LogP contribution in [0.4, 0.5) is 10.1 Å². The molecule has 5 nitrogen and oxygen atoms in total. The monoisotopic (exact) mass is 313 g/mol. The van der Waals surface area contributed by atoms with Crippen LogP contribution in [-0.2, 0) is 14.8 Å². The van der Waals surface area contributed by atoms with Crippen molar-refractivity contribution in [3.8, 4) is 0 Å². The molecular formula is C14H16FNO4S. The molecule has 1 aromatic carbocycles. The molecule has 0 unspecified atom stereocenters. The molecule has 0 atom stereocenters. The number of hydrogen-bond donors (Lipinski definition) is 1. The molecule has 0 spiro atoms. The molecule has 0 amide bonds. The van der Waals surface area contributed by atoms with Crippen molar-refractivity contribution < 1.29 is 22.3 Å². The first-order chi connectivity index (χ1) is 9.95. The summed E-state index contributed by atoms with van der Waals surface area (Å²) < 4.78 is 45.1. The van der Waals surface area contributed by atoms with Crippen LogP contribution in [0.15, 0.2) is 29.2 Å². The maximum Gasteiger partial charge on any atom is 0.343 e. The van der Waals surface area contributed by atoms with Crippen molar-refractivity contribution in [3.05, 3.63) is 40.6 Å². The fourth-order valence-electron chi connectivity index (χ4n) is 2.18. The summed E-state index contributed by atoms with van der Waals surface area (Å²) in [6.07, 6.45) is 4.54. The van der Waals surface area contributed by atoms with E-state index in [2.05, 4.69) is 9.46 Å². The van der Waals surface area contributed by atoms with Gasteiger partial charge in [0, 0.05) is 0 Å². The van der Waals surface area contributed by atoms with Gasteiger partial charge in [-0.15, -0.1) is 0 Å². The summed E-state index contributed by atoms with van der Waals surface area (Å²) in [5.74, 6) is -1.76. The van der Waals surface area contributed by atoms with Crippen LogP contribution >= 0.6 is 0 Å². The maximum atomic E-state index is 13.8. The molecule has 0 saturated carbocycles. The Morgan fingerprint density at radius 1 is 1.33 bits per heavy atom. The third-order valence-corrected chi connectivity index (χ3v) is 4.79. The van der Waals surface area contributed by atoms with Crippen molar-refractivity contribution in [2.45, 2.75) is 25.7 Å². The molecule has 0 fully saturated rings. The third kappa shape index (κ3) is 3.41. The first kappa shape index (κ1) is 15.5. The molecule has 1 aromatic rings. The lowest BCUT2D eigenvalue weighted by Crippen LogP contribution is -2.19. The topological polar surface area (TPSA) is 72.5 Å². The van der Waals surface area contributed by atoms with E-state index in [1.54, 1.807) is 6.08 Å². The largest absolute Gasteiger partial charge is 0.465 e. The second-order valence-corrected chi connectivity index (χ2v) is 6.41. The number of esters is 1. The van der Waals surface area contributed by atoms with Crippen molar-refractivity contribution in [2.75, 3.05) is 11.8 Å². The minimum Gasteiger partial charge on any atom is -0.465 e. The van der Waals surface area contributed by atoms with Crippen LogP contribution in [-0.4, -0.2) is 21.5 Å². The zero-order valence-electron chi connectivity index (χ0n) is 11.6. The lowest BCUT2D eigenvalue weighted by Gasteiger charge is -2.16. The number of nitrogens with one attached hydrogen (secondary N) is 1. The molecule has 7 heteroatoms. The Labute approximate surface area is 122 Å². The lowest BCUT2D eigenvalue weighted by molar-refractivity contribution is 0.0597. The van der Waals surface area contributed by atoms with Crippen LogP contribution in [0.3, 0.4) is 0 Å². The van der Waals surface area contributed by atoms with Gasteiger partial charge in [0.1, 0.15) is 11.4 Å². The zero-order chi connectivity index (χ0) is 15.5. The van der Waals surface area contributed by atoms with E-state index in [4.69, 9.17) is 0 Å². The van der Waals surface area contributed by atoms with Crippen molar-refractivity contribution in [1.82, 2.24) is 0 Å². The standard InChI is InChI=1S/C14H16FNO4S/c1-20-14(17)13-11(15)8-5-9-12(13)16-21(18,19)10-6-3-2-4-7-10/h5-6,8-9,16H,2-4,7H2,1H3. The summed E-state index contributed by atoms with van der Waals surface area (Å²) in [5, 5.41) is 0. The summed E-state index contributed by atoms with van der Waals surface area (Å²) in [7, 11) is -2.67. The number of methoxy groups -OCH3 is 1. The van der Waals surface area contributed by atoms with E-state index >= 15 is 0 Å². The van der Waals surface area contributed by atoms with E-state index in [9.17, 15) is 17.6 Å². The average molecular weight is 313 g/mol. The minimum absolute atomic E-state index is 0.117. The molecule has 2 rings (SSSR count). The van der Waals surface area contributed by atoms with E-state index in [0.29, 0.717) is 12.8 Å². The van der Waals surface area contributed by atoms with Gasteiger partial charge in [-0.1, -0.05) is 12.1 Å². The van der Waals surface area contributed by atoms with Gasteiger partial charge in [0.15, 0.2) is 0 Å². The lowest BCUT2D eigenvalue weighted by atomic mass is 10.1. The van der Waals surface area contributed by atoms with E-state index in [-0.39, 0.29) is 10.6 Å². The second-order valence-electron chi connectivity index (χ2n) is 4.68. The van der Waals surface area contributed by atoms with Gasteiger partial charge in [-0.05, 0) is 37.8 Å². The van der Waals surface area contributed by atoms with E-state index in [1.165, 1.54) is 12.1 Å². The number of carbonyl (C=O) groups excluding carboxylic acids is 1. The maximum absolute atomic E-state index is 13.8. The summed E-state index contributed by atoms with van der Waals surface area (Å²) in [6.45, 7) is 0. The van der Waals surface area contributed by atoms with Crippen LogP contribution in [0.1, 0.15) is 36.0 Å². The van der Waals surface area contributed by atoms with Crippen LogP contribution < -0.4 is 4.72 Å². The summed E-state index contributed by atoms with van der Waals surface area (Å²) >= 11 is 0. The minimum atomic E-state index is -3.78. The van der Waals surface area contributed by atoms with E-state index in [0.717, 1.165) is 26.0 Å². The number of halogens is 1. The predicted octanol–water partition coefficient (Wildman–Crippen LogP) is 2.81. The smallest absolute Gasteiger partial charge is 0.343 e. The Bertz CT molecular complexity index is 682. The number of hydrogen-bond acceptors (Lipinski definition) is 4. The highest BCUT2D eigenvalue weighted by atomic mass is 32.2. The number of allylic oxidation sites excluding steroid dienone is 2. The highest BCUT2D eigenvalue weighted by Crippen LogP contribution is 2.27. The predicted molar refractivity (Wildman–Crippen MR) is 76.8 cm³/mol. The average Bonchev–Trinajstić information content (AvgIpc) is 2.47. The fraction of sp³-hybridized carbons (Fsp3) is 0.357. The molecule has 114 valence electrons. The van der Waals surface area contributed by atoms with E-state index < -0.39 is 27.4 Å². The first-order valence-corrected chi connectivity index (χ1v) is 8.02. The van der Waals surface area contributed by atoms with Crippen LogP contribution in [0.2, 0.25) is 0 Å². The number of sulfonamides is 1. The Balaban J connectivity index is 2.37. The van der Waals surface area contributed by atoms with Gasteiger partial charge in [-0.3, -0.25) is 4.72 Å². The number of rotatable bonds is 4. The van der Waals surface area contributed by atoms with Crippen LogP contribution in [0.25, 0.3) is 0 Å². The van der Waals surface area contributed by atoms with Gasteiger partial charge in [0.2, 0.25) is 0 Å². The Hall–Kier alpha value is -1.89. The van der Waals surface area contributed by atoms with E-state index in [1.807, 2.05) is 0 Å². The summed E-state index contributed by atoms with van der Waals surface area (Å²) in [6, 6.07) is 3.73. The molecule has 0 radical (unpaired) electrons. The second kappa shape index (κ2) is 6.26. The van der Waals surface area contributed by atoms with Crippen molar-refractivity contribution in [2.24, 2.45) is 0 Å². The van der Waals surface area contributed by atoms with Gasteiger partial charge < -0.3 is 4.74 Å². The molecule has 1 aliphatic carbocycles. The molecule has 0 heterocycles. The fourth-order valence-corrected chi connectivity index (χ4v) is 3.52. The van der Waals surface area contributed by atoms with Gasteiger partial charge in [0.25, 0.3) is 10.0 Å². The van der Waals surface area contributed by atoms with Crippen molar-refractivity contribution >= 4 is 21.7 Å². The van der Waals surface area contributed by atoms with Gasteiger partial charge in [0.05, 0.1) is 17.7 Å². The van der Waals surface area contributed by atoms with Crippen molar-refractivity contribution in [3.63, 3.8) is 0 Å². The zero-order valence-corrected chi connectivity index (χ0v) is 12.4. The Morgan fingerprint density at radius 2 is 2.10 bits per heavy atom. The third-order valence-electron chi connectivity index (χ3n) is 3.24. The molecule has 0 saturated heterocycles. The summed E-state index contributed by atoms with van der Waals surface area (Å²) in [4.78, 5) is 11.9. The number of ether oxygens (including phenoxy) is 1. The van der Waals surface area contributed by atoms with Gasteiger partial charge in [-0.2, -0.15) is 0 Å². The Morgan fingerprint density at radius 3 is 2.71 bits per heavy atom. The van der Waals surface area contributed by atoms with Gasteiger partial charge in [-0.25, -0.2) is 17.6 Å². The quantitative estimate of drug-likeness (QED) is 0.868. The normalized spacial score (nSPS) is 15.2. The number of benzene rings is 1. The number of anilines is 1. The molecule has 1 aliphatic rings. The van der Waals surface area contributed by atoms with Crippen LogP contribution in [0.5, 0.6) is 0 Å². The first-order valence-electron chi connectivity index (χ1n) is 6.54. The van der Waals surface area contributed by atoms with Gasteiger partial charge >= 0.3 is 5.97 Å². The van der Waals surface area contributed by atoms with Crippen molar-refractivity contribution in [1.29, 1.82) is 0 Å². The molecule has 21 heavy (non-hydrogen) atoms. The summed E-state index contributed by atoms with van der Waals surface area (Å²) in [5.41, 5.74) is -0.534. The highest BCUT2D eigenvalue weighted by Gasteiger charge is 2.24. The Kier molecular flexibility index (Phi) is 4.62.